The molecule has 0 aliphatic rings. The van der Waals surface area contributed by atoms with E-state index in [4.69, 9.17) is 5.26 Å². The Morgan fingerprint density at radius 3 is 2.93 bits per heavy atom. The minimum absolute atomic E-state index is 0.225. The van der Waals surface area contributed by atoms with Crippen LogP contribution in [-0.4, -0.2) is 26.2 Å². The molecule has 0 radical (unpaired) electrons. The highest BCUT2D eigenvalue weighted by Gasteiger charge is 2.15. The molecule has 3 heterocycles. The molecule has 0 spiro atoms. The summed E-state index contributed by atoms with van der Waals surface area (Å²) in [5.74, 6) is -0.328. The Morgan fingerprint density at radius 2 is 2.18 bits per heavy atom. The lowest BCUT2D eigenvalue weighted by Gasteiger charge is -2.10. The quantitative estimate of drug-likeness (QED) is 0.559. The van der Waals surface area contributed by atoms with Gasteiger partial charge in [0.2, 0.25) is 0 Å². The van der Waals surface area contributed by atoms with E-state index in [2.05, 4.69) is 15.4 Å². The van der Waals surface area contributed by atoms with Crippen molar-refractivity contribution in [2.45, 2.75) is 13.1 Å². The van der Waals surface area contributed by atoms with Crippen LogP contribution in [0, 0.1) is 17.1 Å². The van der Waals surface area contributed by atoms with Gasteiger partial charge >= 0.3 is 0 Å². The van der Waals surface area contributed by atoms with Crippen molar-refractivity contribution < 1.29 is 4.39 Å². The molecule has 1 aromatic carbocycles. The highest BCUT2D eigenvalue weighted by molar-refractivity contribution is 5.62. The van der Waals surface area contributed by atoms with Crippen LogP contribution in [0.3, 0.4) is 0 Å². The molecule has 3 aromatic heterocycles. The summed E-state index contributed by atoms with van der Waals surface area (Å²) in [7, 11) is 1.84. The molecule has 0 amide bonds. The number of rotatable bonds is 5. The minimum atomic E-state index is -0.328. The number of hydrogen-bond donors (Lipinski definition) is 2. The molecule has 2 N–H and O–H groups in total. The number of aromatic nitrogens is 4. The second-order valence-electron chi connectivity index (χ2n) is 6.42. The van der Waals surface area contributed by atoms with E-state index in [1.807, 2.05) is 29.9 Å². The van der Waals surface area contributed by atoms with Crippen molar-refractivity contribution in [3.8, 4) is 17.3 Å². The molecule has 7 nitrogen and oxygen atoms in total. The molecule has 0 bridgehead atoms. The summed E-state index contributed by atoms with van der Waals surface area (Å²) in [5.41, 5.74) is 2.83. The third-order valence-electron chi connectivity index (χ3n) is 4.56. The first-order valence-electron chi connectivity index (χ1n) is 8.69. The predicted molar refractivity (Wildman–Crippen MR) is 102 cm³/mol. The molecular formula is C20H17FN6O. The lowest BCUT2D eigenvalue weighted by molar-refractivity contribution is 0.628. The Bertz CT molecular complexity index is 1260. The fourth-order valence-corrected chi connectivity index (χ4v) is 3.27. The lowest BCUT2D eigenvalue weighted by atomic mass is 10.1. The van der Waals surface area contributed by atoms with E-state index in [0.717, 1.165) is 5.56 Å². The molecule has 0 aliphatic heterocycles. The third kappa shape index (κ3) is 2.98. The molecule has 28 heavy (non-hydrogen) atoms. The van der Waals surface area contributed by atoms with Crippen molar-refractivity contribution in [1.82, 2.24) is 24.5 Å². The van der Waals surface area contributed by atoms with Gasteiger partial charge in [0.05, 0.1) is 17.8 Å². The van der Waals surface area contributed by atoms with Gasteiger partial charge in [-0.05, 0) is 30.8 Å². The van der Waals surface area contributed by atoms with Crippen molar-refractivity contribution in [3.63, 3.8) is 0 Å². The van der Waals surface area contributed by atoms with Crippen molar-refractivity contribution in [3.05, 3.63) is 81.8 Å². The van der Waals surface area contributed by atoms with Crippen molar-refractivity contribution >= 4 is 5.65 Å². The monoisotopic (exact) mass is 376 g/mol. The van der Waals surface area contributed by atoms with Gasteiger partial charge in [-0.3, -0.25) is 9.89 Å². The number of nitrogens with zero attached hydrogens (tertiary/aromatic N) is 4. The van der Waals surface area contributed by atoms with Crippen LogP contribution < -0.4 is 10.9 Å². The van der Waals surface area contributed by atoms with E-state index in [-0.39, 0.29) is 23.6 Å². The number of fused-ring (bicyclic) bond motifs is 1. The number of nitriles is 1. The van der Waals surface area contributed by atoms with Gasteiger partial charge in [-0.25, -0.2) is 13.9 Å². The lowest BCUT2D eigenvalue weighted by Crippen LogP contribution is -2.21. The van der Waals surface area contributed by atoms with E-state index in [9.17, 15) is 9.18 Å². The zero-order valence-electron chi connectivity index (χ0n) is 15.1. The molecule has 0 saturated heterocycles. The van der Waals surface area contributed by atoms with Gasteiger partial charge in [-0.15, -0.1) is 0 Å². The Morgan fingerprint density at radius 1 is 1.36 bits per heavy atom. The van der Waals surface area contributed by atoms with Gasteiger partial charge in [-0.1, -0.05) is 12.1 Å². The van der Waals surface area contributed by atoms with E-state index < -0.39 is 0 Å². The summed E-state index contributed by atoms with van der Waals surface area (Å²) in [6.45, 7) is 0.843. The highest BCUT2D eigenvalue weighted by atomic mass is 19.1. The van der Waals surface area contributed by atoms with E-state index in [0.29, 0.717) is 28.9 Å². The Balaban J connectivity index is 1.81. The van der Waals surface area contributed by atoms with E-state index in [1.165, 1.54) is 23.0 Å². The zero-order valence-corrected chi connectivity index (χ0v) is 15.1. The van der Waals surface area contributed by atoms with Crippen LogP contribution in [0.4, 0.5) is 4.39 Å². The van der Waals surface area contributed by atoms with Crippen molar-refractivity contribution in [2.75, 3.05) is 7.05 Å². The largest absolute Gasteiger partial charge is 0.342 e. The summed E-state index contributed by atoms with van der Waals surface area (Å²) in [5, 5.41) is 14.9. The Labute approximate surface area is 159 Å². The van der Waals surface area contributed by atoms with Crippen LogP contribution in [0.25, 0.3) is 16.9 Å². The average molecular weight is 376 g/mol. The van der Waals surface area contributed by atoms with Crippen LogP contribution in [0.1, 0.15) is 16.7 Å². The molecule has 4 aromatic rings. The van der Waals surface area contributed by atoms with Gasteiger partial charge in [0.1, 0.15) is 17.4 Å². The maximum atomic E-state index is 14.4. The number of benzene rings is 1. The minimum Gasteiger partial charge on any atom is -0.342 e. The highest BCUT2D eigenvalue weighted by Crippen LogP contribution is 2.26. The zero-order chi connectivity index (χ0) is 19.7. The van der Waals surface area contributed by atoms with Crippen LogP contribution in [0.5, 0.6) is 0 Å². The molecule has 8 heteroatoms. The fourth-order valence-electron chi connectivity index (χ4n) is 3.27. The van der Waals surface area contributed by atoms with Crippen LogP contribution >= 0.6 is 0 Å². The maximum Gasteiger partial charge on any atom is 0.277 e. The van der Waals surface area contributed by atoms with Gasteiger partial charge < -0.3 is 9.88 Å². The van der Waals surface area contributed by atoms with E-state index >= 15 is 0 Å². The predicted octanol–water partition coefficient (Wildman–Crippen LogP) is 2.27. The van der Waals surface area contributed by atoms with Crippen molar-refractivity contribution in [1.29, 1.82) is 5.26 Å². The Hall–Kier alpha value is -3.70. The molecule has 4 rings (SSSR count). The normalized spacial score (nSPS) is 11.0. The number of H-pyrrole nitrogens is 1. The number of nitrogens with one attached hydrogen (secondary N) is 2. The topological polar surface area (TPSA) is 90.9 Å². The summed E-state index contributed by atoms with van der Waals surface area (Å²) in [6.07, 6.45) is 4.80. The fraction of sp³-hybridized carbons (Fsp3) is 0.150. The molecule has 0 atom stereocenters. The van der Waals surface area contributed by atoms with E-state index in [1.54, 1.807) is 18.2 Å². The van der Waals surface area contributed by atoms with Crippen LogP contribution in [0.15, 0.2) is 53.7 Å². The molecular weight excluding hydrogens is 359 g/mol. The molecule has 0 unspecified atom stereocenters. The Kier molecular flexibility index (Phi) is 4.51. The molecule has 140 valence electrons. The van der Waals surface area contributed by atoms with Crippen molar-refractivity contribution in [2.24, 2.45) is 0 Å². The van der Waals surface area contributed by atoms with Gasteiger partial charge in [0.25, 0.3) is 5.56 Å². The molecule has 0 aliphatic carbocycles. The number of hydrogen-bond acceptors (Lipinski definition) is 4. The second-order valence-corrected chi connectivity index (χ2v) is 6.42. The van der Waals surface area contributed by atoms with Gasteiger partial charge in [0, 0.05) is 30.7 Å². The van der Waals surface area contributed by atoms with Crippen LogP contribution in [0.2, 0.25) is 0 Å². The van der Waals surface area contributed by atoms with Gasteiger partial charge in [-0.2, -0.15) is 5.26 Å². The summed E-state index contributed by atoms with van der Waals surface area (Å²) in [4.78, 5) is 17.0. The number of halogens is 1. The first kappa shape index (κ1) is 17.7. The summed E-state index contributed by atoms with van der Waals surface area (Å²) < 4.78 is 17.5. The molecule has 0 fully saturated rings. The molecule has 0 saturated carbocycles. The maximum absolute atomic E-state index is 14.4. The van der Waals surface area contributed by atoms with Gasteiger partial charge in [0.15, 0.2) is 5.65 Å². The standard InChI is InChI=1S/C20H17FN6O/c1-23-8-13-6-18(16-4-2-3-5-17(16)21)26(11-13)12-15-9-24-19-14(7-22)10-25-27(19)20(15)28/h2-6,9-11,23,25H,8,12H2,1H3. The smallest absolute Gasteiger partial charge is 0.277 e. The second kappa shape index (κ2) is 7.13. The summed E-state index contributed by atoms with van der Waals surface area (Å²) in [6, 6.07) is 10.4. The van der Waals surface area contributed by atoms with Crippen LogP contribution in [-0.2, 0) is 13.1 Å². The first-order chi connectivity index (χ1) is 13.6. The SMILES string of the molecule is CNCc1cc(-c2ccccc2F)n(Cc2cnc3c(C#N)c[nH]n3c2=O)c1. The number of aromatic amines is 1. The summed E-state index contributed by atoms with van der Waals surface area (Å²) >= 11 is 0. The first-order valence-corrected chi connectivity index (χ1v) is 8.69. The average Bonchev–Trinajstić information content (AvgIpc) is 3.29. The third-order valence-corrected chi connectivity index (χ3v) is 4.56.